The van der Waals surface area contributed by atoms with E-state index >= 15 is 4.79 Å². The molecule has 0 unspecified atom stereocenters. The highest BCUT2D eigenvalue weighted by atomic mass is 35.5. The molecule has 0 amide bonds. The predicted octanol–water partition coefficient (Wildman–Crippen LogP) is 12.5. The first-order valence-electron chi connectivity index (χ1n) is 30.7. The van der Waals surface area contributed by atoms with Gasteiger partial charge < -0.3 is 47.4 Å². The number of aromatic nitrogens is 1. The fraction of sp³-hybridized carbons (Fsp3) is 0.160. The summed E-state index contributed by atoms with van der Waals surface area (Å²) in [6, 6.07) is 71.0. The van der Waals surface area contributed by atoms with Gasteiger partial charge in [0.05, 0.1) is 50.3 Å². The molecule has 2 fully saturated rings. The van der Waals surface area contributed by atoms with Gasteiger partial charge in [-0.2, -0.15) is 0 Å². The first-order chi connectivity index (χ1) is 47.9. The van der Waals surface area contributed by atoms with Gasteiger partial charge in [-0.1, -0.05) is 157 Å². The Labute approximate surface area is 584 Å². The van der Waals surface area contributed by atoms with E-state index in [4.69, 9.17) is 69.0 Å². The predicted molar refractivity (Wildman–Crippen MR) is 365 cm³/mol. The van der Waals surface area contributed by atoms with Crippen molar-refractivity contribution in [3.05, 3.63) is 320 Å². The van der Waals surface area contributed by atoms with Crippen LogP contribution in [-0.4, -0.2) is 121 Å². The SMILES string of the molecule is Cl.O=C(OC[C@H]1O[C@@H](O[C@H]2[C@H](OC(=O)c3ccccc3)[C@@H](OC(=O)c3ccccc3)[C@H](/N=c3\ssc(=Nc4ccccc4)n3-c3ccc(Cl)cc3)O[C@@H]2COC(=O)c2ccccc2)[C@H](OC(=O)c2ccccc2)[C@@H](OC(=O)c2ccccc2)[C@H]1OC(=O)c1ccccc1)c1ccccc1. The van der Waals surface area contributed by atoms with Gasteiger partial charge in [-0.05, 0) is 142 Å². The Kier molecular flexibility index (Phi) is 23.6. The molecule has 0 N–H and O–H groups in total. The first-order valence-corrected chi connectivity index (χ1v) is 33.3. The van der Waals surface area contributed by atoms with Gasteiger partial charge in [0, 0.05) is 5.02 Å². The van der Waals surface area contributed by atoms with Crippen LogP contribution in [0, 0.1) is 0 Å². The zero-order valence-electron chi connectivity index (χ0n) is 52.0. The average molecular weight is 1410 g/mol. The highest BCUT2D eigenvalue weighted by molar-refractivity contribution is 7.67. The summed E-state index contributed by atoms with van der Waals surface area (Å²) in [5.41, 5.74) is 1.46. The van der Waals surface area contributed by atoms with Crippen LogP contribution in [0.5, 0.6) is 0 Å². The number of esters is 7. The average Bonchev–Trinajstić information content (AvgIpc) is 1.19. The van der Waals surface area contributed by atoms with Gasteiger partial charge in [0.1, 0.15) is 31.5 Å². The van der Waals surface area contributed by atoms with Gasteiger partial charge in [-0.3, -0.25) is 4.57 Å². The minimum Gasteiger partial charge on any atom is -0.459 e. The molecule has 2 aliphatic heterocycles. The molecule has 0 aliphatic carbocycles. The number of nitrogens with zero attached hydrogens (tertiary/aromatic N) is 3. The zero-order chi connectivity index (χ0) is 67.7. The van der Waals surface area contributed by atoms with Crippen LogP contribution in [0.3, 0.4) is 0 Å². The third kappa shape index (κ3) is 17.5. The summed E-state index contributed by atoms with van der Waals surface area (Å²) in [5, 5.41) is 0.432. The van der Waals surface area contributed by atoms with Crippen LogP contribution in [0.4, 0.5) is 5.69 Å². The lowest BCUT2D eigenvalue weighted by molar-refractivity contribution is -0.338. The van der Waals surface area contributed by atoms with Crippen LogP contribution in [0.2, 0.25) is 5.02 Å². The Hall–Kier alpha value is -10.7. The Balaban J connectivity index is 0.00000990. The van der Waals surface area contributed by atoms with Crippen molar-refractivity contribution in [2.24, 2.45) is 9.98 Å². The van der Waals surface area contributed by atoms with E-state index < -0.39 is 116 Å². The number of para-hydroxylation sites is 1. The summed E-state index contributed by atoms with van der Waals surface area (Å²) >= 11 is 6.47. The quantitative estimate of drug-likeness (QED) is 0.0369. The fourth-order valence-electron chi connectivity index (χ4n) is 10.6. The summed E-state index contributed by atoms with van der Waals surface area (Å²) in [6.07, 6.45) is -18.7. The molecule has 20 nitrogen and oxygen atoms in total. The molecular weight excluding hydrogens is 1350 g/mol. The zero-order valence-corrected chi connectivity index (χ0v) is 55.2. The molecule has 9 aromatic carbocycles. The van der Waals surface area contributed by atoms with E-state index in [2.05, 4.69) is 0 Å². The maximum atomic E-state index is 15.1. The summed E-state index contributed by atoms with van der Waals surface area (Å²) in [7, 11) is 2.40. The van der Waals surface area contributed by atoms with Gasteiger partial charge in [-0.25, -0.2) is 43.5 Å². The Morgan fingerprint density at radius 2 is 0.687 bits per heavy atom. The van der Waals surface area contributed by atoms with Crippen molar-refractivity contribution in [3.8, 4) is 5.69 Å². The van der Waals surface area contributed by atoms with Gasteiger partial charge >= 0.3 is 41.8 Å². The second kappa shape index (κ2) is 33.5. The number of carbonyl (C=O) groups excluding carboxylic acids is 7. The van der Waals surface area contributed by atoms with Crippen LogP contribution in [0.25, 0.3) is 5.69 Å². The topological polar surface area (TPSA) is 241 Å². The molecule has 24 heteroatoms. The van der Waals surface area contributed by atoms with Crippen molar-refractivity contribution < 1.29 is 80.9 Å². The van der Waals surface area contributed by atoms with Crippen molar-refractivity contribution in [2.75, 3.05) is 13.2 Å². The lowest BCUT2D eigenvalue weighted by Gasteiger charge is -2.48. The van der Waals surface area contributed by atoms with E-state index in [1.54, 1.807) is 156 Å². The number of benzene rings is 9. The van der Waals surface area contributed by atoms with Crippen LogP contribution >= 0.6 is 44.7 Å². The molecule has 502 valence electrons. The molecule has 0 bridgehead atoms. The molecule has 2 aliphatic rings. The second-order valence-corrected chi connectivity index (χ2v) is 24.4. The smallest absolute Gasteiger partial charge is 0.338 e. The molecule has 12 rings (SSSR count). The van der Waals surface area contributed by atoms with Gasteiger partial charge in [0.15, 0.2) is 43.0 Å². The first kappa shape index (κ1) is 69.7. The van der Waals surface area contributed by atoms with Gasteiger partial charge in [0.2, 0.25) is 9.60 Å². The minimum atomic E-state index is -2.12. The molecule has 2 saturated heterocycles. The fourth-order valence-corrected chi connectivity index (χ4v) is 12.9. The Morgan fingerprint density at radius 3 is 1.09 bits per heavy atom. The van der Waals surface area contributed by atoms with Crippen molar-refractivity contribution >= 4 is 92.2 Å². The lowest BCUT2D eigenvalue weighted by Crippen LogP contribution is -2.67. The summed E-state index contributed by atoms with van der Waals surface area (Å²) in [4.78, 5) is 113. The van der Waals surface area contributed by atoms with Crippen LogP contribution < -0.4 is 9.60 Å². The lowest BCUT2D eigenvalue weighted by atomic mass is 9.95. The third-order valence-corrected chi connectivity index (χ3v) is 17.7. The highest BCUT2D eigenvalue weighted by Crippen LogP contribution is 2.38. The van der Waals surface area contributed by atoms with Crippen molar-refractivity contribution in [2.45, 2.75) is 61.3 Å². The Bertz CT molecular complexity index is 4530. The second-order valence-electron chi connectivity index (χ2n) is 21.9. The minimum absolute atomic E-state index is 0. The molecule has 0 saturated carbocycles. The Morgan fingerprint density at radius 1 is 0.364 bits per heavy atom. The van der Waals surface area contributed by atoms with Crippen molar-refractivity contribution in [1.29, 1.82) is 0 Å². The number of hydrogen-bond acceptors (Lipinski definition) is 21. The van der Waals surface area contributed by atoms with Gasteiger partial charge in [0.25, 0.3) is 0 Å². The molecule has 0 spiro atoms. The normalized spacial score (nSPS) is 20.5. The molecular formula is C75H59Cl2N3O17S2. The van der Waals surface area contributed by atoms with Crippen LogP contribution in [0.1, 0.15) is 72.5 Å². The third-order valence-electron chi connectivity index (χ3n) is 15.4. The summed E-state index contributed by atoms with van der Waals surface area (Å²) in [6.45, 7) is -1.51. The summed E-state index contributed by atoms with van der Waals surface area (Å²) in [5.74, 6) is -6.66. The van der Waals surface area contributed by atoms with Crippen molar-refractivity contribution in [1.82, 2.24) is 4.57 Å². The summed E-state index contributed by atoms with van der Waals surface area (Å²) < 4.78 is 67.4. The molecule has 3 heterocycles. The molecule has 10 atom stereocenters. The molecule has 10 aromatic rings. The van der Waals surface area contributed by atoms with E-state index in [1.807, 2.05) is 30.3 Å². The van der Waals surface area contributed by atoms with Crippen LogP contribution in [-0.2, 0) is 47.4 Å². The number of halogens is 2. The maximum absolute atomic E-state index is 15.1. The number of ether oxygens (including phenoxy) is 10. The highest BCUT2D eigenvalue weighted by Gasteiger charge is 2.58. The van der Waals surface area contributed by atoms with Crippen LogP contribution in [0.15, 0.2) is 277 Å². The van der Waals surface area contributed by atoms with E-state index in [1.165, 1.54) is 95.3 Å². The van der Waals surface area contributed by atoms with E-state index in [-0.39, 0.29) is 56.2 Å². The van der Waals surface area contributed by atoms with Gasteiger partial charge in [-0.15, -0.1) is 12.4 Å². The van der Waals surface area contributed by atoms with E-state index in [9.17, 15) is 28.8 Å². The van der Waals surface area contributed by atoms with E-state index in [0.29, 0.717) is 21.2 Å². The maximum Gasteiger partial charge on any atom is 0.338 e. The molecule has 99 heavy (non-hydrogen) atoms. The monoisotopic (exact) mass is 1410 g/mol. The van der Waals surface area contributed by atoms with Crippen molar-refractivity contribution in [3.63, 3.8) is 0 Å². The number of hydrogen-bond donors (Lipinski definition) is 0. The molecule has 1 aromatic heterocycles. The van der Waals surface area contributed by atoms with E-state index in [0.717, 1.165) is 10.3 Å². The number of rotatable bonds is 21. The standard InChI is InChI=1S/C75H58ClN3O17S2.ClH/c76-54-41-43-56(44-42-54)79-74(77-55-39-23-8-24-40-55)97-98-75(79)78-65-63(94-71(85)52-35-19-6-20-36-52)61(92-69(83)50-31-15-4-16-32-50)60(57(89-65)45-87-66(80)47-25-9-1-10-26-47)96-73-64(95-72(86)53-37-21-7-22-38-53)62(93-70(84)51-33-17-5-18-34-51)59(91-68(82)49-29-13-3-14-30-49)58(90-73)46-88-67(81)48-27-11-2-12-28-48;/h1-44,57-65,73H,45-46H2;1H/b77-74?,78-75-;/t57-,58-,59+,60-,61+,62+,63-,64-,65-,73+;/m1./s1. The largest absolute Gasteiger partial charge is 0.459 e. The number of carbonyl (C=O) groups is 7. The molecule has 0 radical (unpaired) electrons.